The van der Waals surface area contributed by atoms with E-state index in [9.17, 15) is 0 Å². The van der Waals surface area contributed by atoms with E-state index in [0.717, 1.165) is 59.7 Å². The first-order valence-corrected chi connectivity index (χ1v) is 11.7. The first kappa shape index (κ1) is 19.8. The predicted molar refractivity (Wildman–Crippen MR) is 129 cm³/mol. The van der Waals surface area contributed by atoms with Gasteiger partial charge in [-0.05, 0) is 66.8 Å². The molecule has 2 aliphatic rings. The average molecular weight is 435 g/mol. The summed E-state index contributed by atoms with van der Waals surface area (Å²) in [7, 11) is 0. The molecule has 0 atom stereocenters. The van der Waals surface area contributed by atoms with Gasteiger partial charge in [-0.1, -0.05) is 25.5 Å². The van der Waals surface area contributed by atoms with Crippen LogP contribution in [0, 0.1) is 24.2 Å². The predicted octanol–water partition coefficient (Wildman–Crippen LogP) is 5.18. The molecule has 6 nitrogen and oxygen atoms in total. The lowest BCUT2D eigenvalue weighted by Crippen LogP contribution is -2.46. The number of hydrogen-bond donors (Lipinski definition) is 0. The van der Waals surface area contributed by atoms with Gasteiger partial charge in [-0.15, -0.1) is 10.2 Å². The standard InChI is InChI=1S/C27H26N6/c1-3-4-20-14-31(15-20)24-9-10-25-23(11-24)17-32-16-22(21-7-5-19(13-28)6-8-21)12-26(32)27-30-29-18(2)33(25)27/h5-12,16,20H,3-4,14-15,17H2,1-2H3. The van der Waals surface area contributed by atoms with Crippen molar-refractivity contribution in [3.63, 3.8) is 0 Å². The Morgan fingerprint density at radius 2 is 1.85 bits per heavy atom. The summed E-state index contributed by atoms with van der Waals surface area (Å²) in [5.41, 5.74) is 7.67. The van der Waals surface area contributed by atoms with Crippen LogP contribution in [0.2, 0.25) is 0 Å². The Morgan fingerprint density at radius 3 is 2.61 bits per heavy atom. The highest BCUT2D eigenvalue weighted by atomic mass is 15.3. The highest BCUT2D eigenvalue weighted by molar-refractivity contribution is 5.72. The first-order chi connectivity index (χ1) is 16.1. The molecule has 0 unspecified atom stereocenters. The fourth-order valence-corrected chi connectivity index (χ4v) is 5.21. The smallest absolute Gasteiger partial charge is 0.185 e. The maximum absolute atomic E-state index is 9.12. The fraction of sp³-hybridized carbons (Fsp3) is 0.296. The number of rotatable bonds is 4. The lowest BCUT2D eigenvalue weighted by Gasteiger charge is -2.41. The minimum atomic E-state index is 0.670. The molecule has 0 saturated carbocycles. The SMILES string of the molecule is CCCC1CN(c2ccc3c(c2)Cn2cc(-c4ccc(C#N)cc4)cc2-c2nnc(C)n2-3)C1. The van der Waals surface area contributed by atoms with E-state index in [4.69, 9.17) is 5.26 Å². The van der Waals surface area contributed by atoms with Gasteiger partial charge in [0.1, 0.15) is 5.82 Å². The van der Waals surface area contributed by atoms with Gasteiger partial charge in [0.15, 0.2) is 5.82 Å². The lowest BCUT2D eigenvalue weighted by molar-refractivity contribution is 0.380. The quantitative estimate of drug-likeness (QED) is 0.391. The molecule has 0 bridgehead atoms. The minimum absolute atomic E-state index is 0.670. The van der Waals surface area contributed by atoms with Crippen molar-refractivity contribution in [3.8, 4) is 34.4 Å². The highest BCUT2D eigenvalue weighted by Crippen LogP contribution is 2.37. The Morgan fingerprint density at radius 1 is 1.03 bits per heavy atom. The molecular formula is C27H26N6. The molecule has 4 aromatic rings. The maximum Gasteiger partial charge on any atom is 0.185 e. The van der Waals surface area contributed by atoms with Crippen molar-refractivity contribution >= 4 is 5.69 Å². The van der Waals surface area contributed by atoms with E-state index < -0.39 is 0 Å². The summed E-state index contributed by atoms with van der Waals surface area (Å²) in [6.45, 7) is 7.37. The second-order valence-corrected chi connectivity index (χ2v) is 9.21. The van der Waals surface area contributed by atoms with Crippen LogP contribution in [0.5, 0.6) is 0 Å². The van der Waals surface area contributed by atoms with Gasteiger partial charge < -0.3 is 9.47 Å². The number of hydrogen-bond acceptors (Lipinski definition) is 4. The van der Waals surface area contributed by atoms with Crippen molar-refractivity contribution in [2.24, 2.45) is 5.92 Å². The summed E-state index contributed by atoms with van der Waals surface area (Å²) in [5, 5.41) is 18.1. The normalized spacial score (nSPS) is 14.6. The summed E-state index contributed by atoms with van der Waals surface area (Å²) in [5.74, 6) is 2.58. The molecule has 6 heteroatoms. The molecule has 33 heavy (non-hydrogen) atoms. The van der Waals surface area contributed by atoms with Crippen LogP contribution in [0.4, 0.5) is 5.69 Å². The molecule has 0 spiro atoms. The van der Waals surface area contributed by atoms with E-state index in [-0.39, 0.29) is 0 Å². The molecule has 6 rings (SSSR count). The number of nitrogens with zero attached hydrogens (tertiary/aromatic N) is 6. The van der Waals surface area contributed by atoms with Crippen molar-refractivity contribution in [2.45, 2.75) is 33.2 Å². The second kappa shape index (κ2) is 7.63. The van der Waals surface area contributed by atoms with Crippen LogP contribution in [-0.4, -0.2) is 32.4 Å². The molecular weight excluding hydrogens is 408 g/mol. The third-order valence-electron chi connectivity index (χ3n) is 6.96. The van der Waals surface area contributed by atoms with Crippen molar-refractivity contribution in [1.29, 1.82) is 5.26 Å². The lowest BCUT2D eigenvalue weighted by atomic mass is 9.94. The van der Waals surface area contributed by atoms with Gasteiger partial charge in [0.25, 0.3) is 0 Å². The molecule has 2 aromatic carbocycles. The van der Waals surface area contributed by atoms with Crippen LogP contribution in [-0.2, 0) is 6.54 Å². The number of fused-ring (bicyclic) bond motifs is 5. The molecule has 2 aromatic heterocycles. The monoisotopic (exact) mass is 434 g/mol. The van der Waals surface area contributed by atoms with Gasteiger partial charge in [-0.2, -0.15) is 5.26 Å². The van der Waals surface area contributed by atoms with E-state index >= 15 is 0 Å². The molecule has 0 radical (unpaired) electrons. The van der Waals surface area contributed by atoms with Crippen molar-refractivity contribution < 1.29 is 0 Å². The number of nitriles is 1. The molecule has 164 valence electrons. The summed E-state index contributed by atoms with van der Waals surface area (Å²) in [6.07, 6.45) is 4.76. The zero-order chi connectivity index (χ0) is 22.5. The van der Waals surface area contributed by atoms with E-state index in [1.54, 1.807) is 0 Å². The molecule has 0 N–H and O–H groups in total. The molecule has 1 fully saturated rings. The Kier molecular flexibility index (Phi) is 4.58. The van der Waals surface area contributed by atoms with E-state index in [1.807, 2.05) is 31.2 Å². The summed E-state index contributed by atoms with van der Waals surface area (Å²) in [6, 6.07) is 18.9. The van der Waals surface area contributed by atoms with Gasteiger partial charge >= 0.3 is 0 Å². The van der Waals surface area contributed by atoms with Gasteiger partial charge in [-0.25, -0.2) is 0 Å². The van der Waals surface area contributed by atoms with Crippen LogP contribution in [0.3, 0.4) is 0 Å². The van der Waals surface area contributed by atoms with Crippen LogP contribution in [0.15, 0.2) is 54.7 Å². The molecule has 2 aliphatic heterocycles. The number of anilines is 1. The molecule has 0 amide bonds. The van der Waals surface area contributed by atoms with E-state index in [2.05, 4.69) is 67.7 Å². The summed E-state index contributed by atoms with van der Waals surface area (Å²) < 4.78 is 4.45. The number of aryl methyl sites for hydroxylation is 1. The van der Waals surface area contributed by atoms with Crippen molar-refractivity contribution in [1.82, 2.24) is 19.3 Å². The summed E-state index contributed by atoms with van der Waals surface area (Å²) in [4.78, 5) is 2.49. The van der Waals surface area contributed by atoms with Gasteiger partial charge in [0.2, 0.25) is 0 Å². The Hall–Kier alpha value is -3.85. The van der Waals surface area contributed by atoms with Crippen molar-refractivity contribution in [2.75, 3.05) is 18.0 Å². The van der Waals surface area contributed by atoms with Gasteiger partial charge in [-0.3, -0.25) is 4.57 Å². The Balaban J connectivity index is 1.41. The first-order valence-electron chi connectivity index (χ1n) is 11.7. The van der Waals surface area contributed by atoms with Crippen LogP contribution in [0.25, 0.3) is 28.3 Å². The van der Waals surface area contributed by atoms with Crippen LogP contribution < -0.4 is 4.90 Å². The van der Waals surface area contributed by atoms with Gasteiger partial charge in [0.05, 0.1) is 23.0 Å². The third kappa shape index (κ3) is 3.23. The third-order valence-corrected chi connectivity index (χ3v) is 6.96. The van der Waals surface area contributed by atoms with E-state index in [1.165, 1.54) is 24.1 Å². The largest absolute Gasteiger partial charge is 0.371 e. The number of aromatic nitrogens is 4. The molecule has 1 saturated heterocycles. The van der Waals surface area contributed by atoms with Gasteiger partial charge in [0, 0.05) is 37.1 Å². The highest BCUT2D eigenvalue weighted by Gasteiger charge is 2.28. The van der Waals surface area contributed by atoms with Crippen LogP contribution in [0.1, 0.15) is 36.7 Å². The fourth-order valence-electron chi connectivity index (χ4n) is 5.21. The second-order valence-electron chi connectivity index (χ2n) is 9.21. The number of benzene rings is 2. The summed E-state index contributed by atoms with van der Waals surface area (Å²) >= 11 is 0. The Labute approximate surface area is 193 Å². The molecule has 0 aliphatic carbocycles. The Bertz CT molecular complexity index is 1380. The minimum Gasteiger partial charge on any atom is -0.371 e. The van der Waals surface area contributed by atoms with Crippen LogP contribution >= 0.6 is 0 Å². The van der Waals surface area contributed by atoms with E-state index in [0.29, 0.717) is 5.56 Å². The maximum atomic E-state index is 9.12. The topological polar surface area (TPSA) is 62.7 Å². The molecule has 4 heterocycles. The average Bonchev–Trinajstić information content (AvgIpc) is 3.36. The zero-order valence-corrected chi connectivity index (χ0v) is 19.0. The van der Waals surface area contributed by atoms with Crippen molar-refractivity contribution in [3.05, 3.63) is 71.7 Å². The zero-order valence-electron chi connectivity index (χ0n) is 19.0.